The largest absolute Gasteiger partial charge is 0.373 e. The van der Waals surface area contributed by atoms with E-state index in [1.807, 2.05) is 0 Å². The van der Waals surface area contributed by atoms with E-state index in [0.717, 1.165) is 19.3 Å². The lowest BCUT2D eigenvalue weighted by Gasteiger charge is -2.08. The van der Waals surface area contributed by atoms with Crippen LogP contribution in [0.4, 0.5) is 5.82 Å². The number of rotatable bonds is 8. The lowest BCUT2D eigenvalue weighted by Crippen LogP contribution is -2.25. The third-order valence-electron chi connectivity index (χ3n) is 2.80. The van der Waals surface area contributed by atoms with Gasteiger partial charge in [-0.15, -0.1) is 0 Å². The Morgan fingerprint density at radius 1 is 1.32 bits per heavy atom. The smallest absolute Gasteiger partial charge is 0.240 e. The number of sulfonamides is 1. The van der Waals surface area contributed by atoms with Gasteiger partial charge in [0.2, 0.25) is 10.0 Å². The Hall–Kier alpha value is -1.14. The molecule has 0 fully saturated rings. The summed E-state index contributed by atoms with van der Waals surface area (Å²) >= 11 is 0. The molecule has 1 rings (SSSR count). The number of aromatic nitrogens is 1. The second kappa shape index (κ2) is 7.45. The third kappa shape index (κ3) is 5.57. The molecular weight excluding hydrogens is 262 g/mol. The summed E-state index contributed by atoms with van der Waals surface area (Å²) in [6, 6.07) is 3.02. The van der Waals surface area contributed by atoms with Crippen LogP contribution in [0.3, 0.4) is 0 Å². The van der Waals surface area contributed by atoms with Crippen molar-refractivity contribution in [1.29, 1.82) is 0 Å². The second-order valence-electron chi connectivity index (χ2n) is 4.91. The number of anilines is 1. The minimum absolute atomic E-state index is 0.246. The van der Waals surface area contributed by atoms with Crippen LogP contribution in [0.1, 0.15) is 33.1 Å². The molecule has 0 aromatic carbocycles. The molecule has 1 heterocycles. The fraction of sp³-hybridized carbons (Fsp3) is 0.615. The molecule has 0 spiro atoms. The van der Waals surface area contributed by atoms with Crippen LogP contribution in [0.25, 0.3) is 0 Å². The first-order chi connectivity index (χ1) is 8.95. The highest BCUT2D eigenvalue weighted by Gasteiger charge is 2.13. The van der Waals surface area contributed by atoms with Gasteiger partial charge >= 0.3 is 0 Å². The van der Waals surface area contributed by atoms with Crippen molar-refractivity contribution in [3.63, 3.8) is 0 Å². The molecular formula is C13H23N3O2S. The zero-order valence-corrected chi connectivity index (χ0v) is 12.6. The maximum absolute atomic E-state index is 12.0. The molecule has 6 heteroatoms. The number of nitrogens with one attached hydrogen (secondary N) is 2. The summed E-state index contributed by atoms with van der Waals surface area (Å²) in [6.07, 6.45) is 4.51. The van der Waals surface area contributed by atoms with E-state index in [1.165, 1.54) is 18.3 Å². The number of hydrogen-bond donors (Lipinski definition) is 2. The molecule has 19 heavy (non-hydrogen) atoms. The van der Waals surface area contributed by atoms with Crippen molar-refractivity contribution in [2.45, 2.75) is 38.0 Å². The zero-order valence-electron chi connectivity index (χ0n) is 11.8. The van der Waals surface area contributed by atoms with Gasteiger partial charge in [0.25, 0.3) is 0 Å². The summed E-state index contributed by atoms with van der Waals surface area (Å²) in [5.74, 6) is 1.21. The van der Waals surface area contributed by atoms with E-state index in [1.54, 1.807) is 7.05 Å². The maximum atomic E-state index is 12.0. The van der Waals surface area contributed by atoms with Crippen molar-refractivity contribution in [2.75, 3.05) is 18.9 Å². The summed E-state index contributed by atoms with van der Waals surface area (Å²) in [4.78, 5) is 4.24. The normalized spacial score (nSPS) is 11.8. The molecule has 0 atom stereocenters. The van der Waals surface area contributed by atoms with Gasteiger partial charge in [-0.1, -0.05) is 26.7 Å². The molecule has 0 saturated carbocycles. The Bertz CT molecular complexity index is 486. The van der Waals surface area contributed by atoms with Crippen LogP contribution in [0, 0.1) is 5.92 Å². The van der Waals surface area contributed by atoms with Gasteiger partial charge in [0, 0.05) is 25.9 Å². The van der Waals surface area contributed by atoms with Gasteiger partial charge < -0.3 is 5.32 Å². The third-order valence-corrected chi connectivity index (χ3v) is 4.26. The average Bonchev–Trinajstić information content (AvgIpc) is 2.38. The van der Waals surface area contributed by atoms with Gasteiger partial charge in [0.1, 0.15) is 5.82 Å². The minimum Gasteiger partial charge on any atom is -0.373 e. The predicted molar refractivity (Wildman–Crippen MR) is 77.7 cm³/mol. The van der Waals surface area contributed by atoms with Crippen molar-refractivity contribution in [2.24, 2.45) is 5.92 Å². The van der Waals surface area contributed by atoms with Gasteiger partial charge in [0.05, 0.1) is 4.90 Å². The summed E-state index contributed by atoms with van der Waals surface area (Å²) in [7, 11) is -1.72. The van der Waals surface area contributed by atoms with E-state index in [9.17, 15) is 8.42 Å². The van der Waals surface area contributed by atoms with Crippen LogP contribution in [0.2, 0.25) is 0 Å². The summed E-state index contributed by atoms with van der Waals surface area (Å²) < 4.78 is 26.7. The van der Waals surface area contributed by atoms with Crippen LogP contribution < -0.4 is 10.0 Å². The quantitative estimate of drug-likeness (QED) is 0.719. The molecule has 0 bridgehead atoms. The van der Waals surface area contributed by atoms with E-state index < -0.39 is 10.0 Å². The summed E-state index contributed by atoms with van der Waals surface area (Å²) in [5.41, 5.74) is 0. The Kier molecular flexibility index (Phi) is 6.24. The number of unbranched alkanes of at least 4 members (excludes halogenated alkanes) is 1. The lowest BCUT2D eigenvalue weighted by atomic mass is 10.1. The van der Waals surface area contributed by atoms with Crippen LogP contribution in [-0.2, 0) is 10.0 Å². The number of hydrogen-bond acceptors (Lipinski definition) is 4. The van der Waals surface area contributed by atoms with Gasteiger partial charge in [0.15, 0.2) is 0 Å². The van der Waals surface area contributed by atoms with Gasteiger partial charge in [-0.3, -0.25) is 0 Å². The Morgan fingerprint density at radius 2 is 2.05 bits per heavy atom. The fourth-order valence-electron chi connectivity index (χ4n) is 1.68. The molecule has 2 N–H and O–H groups in total. The molecule has 0 saturated heterocycles. The topological polar surface area (TPSA) is 71.1 Å². The Labute approximate surface area is 115 Å². The van der Waals surface area contributed by atoms with Crippen molar-refractivity contribution in [3.8, 4) is 0 Å². The van der Waals surface area contributed by atoms with Crippen LogP contribution in [0.5, 0.6) is 0 Å². The van der Waals surface area contributed by atoms with E-state index in [-0.39, 0.29) is 4.90 Å². The minimum atomic E-state index is -3.42. The standard InChI is InChI=1S/C13H23N3O2S/c1-11(2)6-4-5-8-16-19(17,18)12-7-9-15-13(10-12)14-3/h7,9-11,16H,4-6,8H2,1-3H3,(H,14,15). The molecule has 1 aromatic heterocycles. The Morgan fingerprint density at radius 3 is 2.68 bits per heavy atom. The van der Waals surface area contributed by atoms with E-state index in [0.29, 0.717) is 18.3 Å². The number of pyridine rings is 1. The maximum Gasteiger partial charge on any atom is 0.240 e. The lowest BCUT2D eigenvalue weighted by molar-refractivity contribution is 0.530. The first-order valence-electron chi connectivity index (χ1n) is 6.59. The zero-order chi connectivity index (χ0) is 14.3. The van der Waals surface area contributed by atoms with E-state index in [2.05, 4.69) is 28.9 Å². The predicted octanol–water partition coefficient (Wildman–Crippen LogP) is 2.23. The van der Waals surface area contributed by atoms with E-state index in [4.69, 9.17) is 0 Å². The van der Waals surface area contributed by atoms with Gasteiger partial charge in [-0.05, 0) is 18.4 Å². The number of nitrogens with zero attached hydrogens (tertiary/aromatic N) is 1. The van der Waals surface area contributed by atoms with Gasteiger partial charge in [-0.2, -0.15) is 0 Å². The van der Waals surface area contributed by atoms with Crippen LogP contribution in [0.15, 0.2) is 23.2 Å². The first-order valence-corrected chi connectivity index (χ1v) is 8.07. The summed E-state index contributed by atoms with van der Waals surface area (Å²) in [5, 5.41) is 2.82. The van der Waals surface area contributed by atoms with Crippen molar-refractivity contribution in [3.05, 3.63) is 18.3 Å². The SMILES string of the molecule is CNc1cc(S(=O)(=O)NCCCCC(C)C)ccn1. The van der Waals surface area contributed by atoms with Crippen LogP contribution >= 0.6 is 0 Å². The molecule has 1 aromatic rings. The summed E-state index contributed by atoms with van der Waals surface area (Å²) in [6.45, 7) is 4.81. The Balaban J connectivity index is 2.51. The first kappa shape index (κ1) is 15.9. The molecule has 0 aliphatic rings. The highest BCUT2D eigenvalue weighted by atomic mass is 32.2. The second-order valence-corrected chi connectivity index (χ2v) is 6.68. The molecule has 0 aliphatic heterocycles. The van der Waals surface area contributed by atoms with Crippen LogP contribution in [-0.4, -0.2) is 27.0 Å². The molecule has 108 valence electrons. The molecule has 5 nitrogen and oxygen atoms in total. The highest BCUT2D eigenvalue weighted by Crippen LogP contribution is 2.12. The molecule has 0 amide bonds. The molecule has 0 aliphatic carbocycles. The average molecular weight is 285 g/mol. The fourth-order valence-corrected chi connectivity index (χ4v) is 2.77. The molecule has 0 radical (unpaired) electrons. The van der Waals surface area contributed by atoms with Gasteiger partial charge in [-0.25, -0.2) is 18.1 Å². The molecule has 0 unspecified atom stereocenters. The monoisotopic (exact) mass is 285 g/mol. The van der Waals surface area contributed by atoms with Crippen molar-refractivity contribution < 1.29 is 8.42 Å². The van der Waals surface area contributed by atoms with Crippen molar-refractivity contribution >= 4 is 15.8 Å². The highest BCUT2D eigenvalue weighted by molar-refractivity contribution is 7.89. The van der Waals surface area contributed by atoms with E-state index >= 15 is 0 Å². The van der Waals surface area contributed by atoms with Crippen molar-refractivity contribution in [1.82, 2.24) is 9.71 Å².